The fourth-order valence-electron chi connectivity index (χ4n) is 2.14. The second kappa shape index (κ2) is 4.28. The molecular weight excluding hydrogens is 194 g/mol. The Morgan fingerprint density at radius 1 is 1.60 bits per heavy atom. The minimum atomic E-state index is -0.529. The standard InChI is InChI=1S/C10H17N3O2/c1-6-3-2-4-7(6)10-12-9(13-15-10)8(11)5-14/h6-8,14H,2-5,11H2,1H3. The van der Waals surface area contributed by atoms with Crippen molar-refractivity contribution in [3.63, 3.8) is 0 Å². The van der Waals surface area contributed by atoms with Gasteiger partial charge in [0.25, 0.3) is 0 Å². The molecule has 0 amide bonds. The van der Waals surface area contributed by atoms with Crippen LogP contribution in [0.2, 0.25) is 0 Å². The molecular formula is C10H17N3O2. The van der Waals surface area contributed by atoms with Crippen LogP contribution in [0.3, 0.4) is 0 Å². The number of hydrogen-bond donors (Lipinski definition) is 2. The Morgan fingerprint density at radius 2 is 2.40 bits per heavy atom. The second-order valence-corrected chi connectivity index (χ2v) is 4.29. The quantitative estimate of drug-likeness (QED) is 0.778. The van der Waals surface area contributed by atoms with Gasteiger partial charge in [0.1, 0.15) is 0 Å². The molecule has 3 N–H and O–H groups in total. The number of nitrogens with two attached hydrogens (primary N) is 1. The molecule has 2 rings (SSSR count). The normalized spacial score (nSPS) is 28.2. The average molecular weight is 211 g/mol. The first-order valence-corrected chi connectivity index (χ1v) is 5.42. The lowest BCUT2D eigenvalue weighted by atomic mass is 9.98. The van der Waals surface area contributed by atoms with Crippen LogP contribution in [0.5, 0.6) is 0 Å². The minimum Gasteiger partial charge on any atom is -0.394 e. The van der Waals surface area contributed by atoms with Crippen molar-refractivity contribution in [2.75, 3.05) is 6.61 Å². The number of aromatic nitrogens is 2. The van der Waals surface area contributed by atoms with E-state index in [4.69, 9.17) is 15.4 Å². The Kier molecular flexibility index (Phi) is 3.02. The van der Waals surface area contributed by atoms with Gasteiger partial charge in [0.2, 0.25) is 5.89 Å². The summed E-state index contributed by atoms with van der Waals surface area (Å²) >= 11 is 0. The molecule has 84 valence electrons. The highest BCUT2D eigenvalue weighted by Gasteiger charge is 2.30. The van der Waals surface area contributed by atoms with Crippen molar-refractivity contribution in [3.05, 3.63) is 11.7 Å². The van der Waals surface area contributed by atoms with E-state index in [0.29, 0.717) is 23.6 Å². The lowest BCUT2D eigenvalue weighted by Crippen LogP contribution is -2.16. The maximum Gasteiger partial charge on any atom is 0.230 e. The van der Waals surface area contributed by atoms with Crippen LogP contribution in [0, 0.1) is 5.92 Å². The van der Waals surface area contributed by atoms with Gasteiger partial charge >= 0.3 is 0 Å². The average Bonchev–Trinajstić information content (AvgIpc) is 2.84. The van der Waals surface area contributed by atoms with Crippen LogP contribution in [0.15, 0.2) is 4.52 Å². The van der Waals surface area contributed by atoms with E-state index < -0.39 is 6.04 Å². The number of hydrogen-bond acceptors (Lipinski definition) is 5. The fourth-order valence-corrected chi connectivity index (χ4v) is 2.14. The van der Waals surface area contributed by atoms with Crippen molar-refractivity contribution >= 4 is 0 Å². The Labute approximate surface area is 88.7 Å². The van der Waals surface area contributed by atoms with Gasteiger partial charge in [-0.25, -0.2) is 0 Å². The van der Waals surface area contributed by atoms with Gasteiger partial charge in [-0.15, -0.1) is 0 Å². The van der Waals surface area contributed by atoms with Crippen molar-refractivity contribution < 1.29 is 9.63 Å². The van der Waals surface area contributed by atoms with E-state index in [1.165, 1.54) is 12.8 Å². The molecule has 0 bridgehead atoms. The van der Waals surface area contributed by atoms with E-state index in [9.17, 15) is 0 Å². The van der Waals surface area contributed by atoms with Crippen LogP contribution in [-0.4, -0.2) is 21.9 Å². The Morgan fingerprint density at radius 3 is 3.00 bits per heavy atom. The summed E-state index contributed by atoms with van der Waals surface area (Å²) in [6.07, 6.45) is 3.54. The zero-order chi connectivity index (χ0) is 10.8. The predicted molar refractivity (Wildman–Crippen MR) is 54.1 cm³/mol. The van der Waals surface area contributed by atoms with Crippen molar-refractivity contribution in [3.8, 4) is 0 Å². The van der Waals surface area contributed by atoms with Crippen molar-refractivity contribution in [2.24, 2.45) is 11.7 Å². The first-order chi connectivity index (χ1) is 7.22. The molecule has 1 heterocycles. The van der Waals surface area contributed by atoms with Gasteiger partial charge in [0.05, 0.1) is 12.6 Å². The molecule has 15 heavy (non-hydrogen) atoms. The monoisotopic (exact) mass is 211 g/mol. The summed E-state index contributed by atoms with van der Waals surface area (Å²) in [6.45, 7) is 2.05. The summed E-state index contributed by atoms with van der Waals surface area (Å²) in [7, 11) is 0. The largest absolute Gasteiger partial charge is 0.394 e. The summed E-state index contributed by atoms with van der Waals surface area (Å²) < 4.78 is 5.19. The van der Waals surface area contributed by atoms with Gasteiger partial charge in [-0.05, 0) is 18.8 Å². The first-order valence-electron chi connectivity index (χ1n) is 5.42. The van der Waals surface area contributed by atoms with Crippen molar-refractivity contribution in [1.29, 1.82) is 0 Å². The Hall–Kier alpha value is -0.940. The van der Waals surface area contributed by atoms with Crippen LogP contribution in [0.25, 0.3) is 0 Å². The van der Waals surface area contributed by atoms with Crippen LogP contribution in [0.4, 0.5) is 0 Å². The second-order valence-electron chi connectivity index (χ2n) is 4.29. The smallest absolute Gasteiger partial charge is 0.230 e. The predicted octanol–water partition coefficient (Wildman–Crippen LogP) is 0.965. The molecule has 1 aliphatic carbocycles. The summed E-state index contributed by atoms with van der Waals surface area (Å²) in [5, 5.41) is 12.7. The van der Waals surface area contributed by atoms with Gasteiger partial charge < -0.3 is 15.4 Å². The fraction of sp³-hybridized carbons (Fsp3) is 0.800. The molecule has 1 aromatic rings. The van der Waals surface area contributed by atoms with E-state index in [0.717, 1.165) is 6.42 Å². The molecule has 0 aromatic carbocycles. The van der Waals surface area contributed by atoms with Crippen molar-refractivity contribution in [1.82, 2.24) is 10.1 Å². The van der Waals surface area contributed by atoms with E-state index >= 15 is 0 Å². The molecule has 1 aliphatic rings. The molecule has 1 saturated carbocycles. The minimum absolute atomic E-state index is 0.154. The van der Waals surface area contributed by atoms with Gasteiger partial charge in [0.15, 0.2) is 5.82 Å². The molecule has 0 saturated heterocycles. The highest BCUT2D eigenvalue weighted by atomic mass is 16.5. The molecule has 1 aromatic heterocycles. The summed E-state index contributed by atoms with van der Waals surface area (Å²) in [5.41, 5.74) is 5.61. The zero-order valence-electron chi connectivity index (χ0n) is 8.89. The van der Waals surface area contributed by atoms with Gasteiger partial charge in [-0.3, -0.25) is 0 Å². The van der Waals surface area contributed by atoms with Crippen LogP contribution in [-0.2, 0) is 0 Å². The third-order valence-corrected chi connectivity index (χ3v) is 3.16. The highest BCUT2D eigenvalue weighted by molar-refractivity contribution is 5.01. The molecule has 5 nitrogen and oxygen atoms in total. The van der Waals surface area contributed by atoms with E-state index in [2.05, 4.69) is 17.1 Å². The van der Waals surface area contributed by atoms with Crippen molar-refractivity contribution in [2.45, 2.75) is 38.1 Å². The third-order valence-electron chi connectivity index (χ3n) is 3.16. The maximum absolute atomic E-state index is 8.87. The van der Waals surface area contributed by atoms with Crippen LogP contribution in [0.1, 0.15) is 49.9 Å². The number of nitrogens with zero attached hydrogens (tertiary/aromatic N) is 2. The molecule has 3 atom stereocenters. The topological polar surface area (TPSA) is 85.2 Å². The molecule has 5 heteroatoms. The summed E-state index contributed by atoms with van der Waals surface area (Å²) in [6, 6.07) is -0.529. The maximum atomic E-state index is 8.87. The summed E-state index contributed by atoms with van der Waals surface area (Å²) in [5.74, 6) is 2.06. The number of aliphatic hydroxyl groups is 1. The summed E-state index contributed by atoms with van der Waals surface area (Å²) in [4.78, 5) is 4.25. The Balaban J connectivity index is 2.12. The highest BCUT2D eigenvalue weighted by Crippen LogP contribution is 2.38. The SMILES string of the molecule is CC1CCCC1c1nc(C(N)CO)no1. The Bertz CT molecular complexity index is 326. The lowest BCUT2D eigenvalue weighted by Gasteiger charge is -2.08. The van der Waals surface area contributed by atoms with Crippen LogP contribution >= 0.6 is 0 Å². The van der Waals surface area contributed by atoms with Gasteiger partial charge in [-0.2, -0.15) is 4.98 Å². The van der Waals surface area contributed by atoms with Crippen LogP contribution < -0.4 is 5.73 Å². The molecule has 3 unspecified atom stereocenters. The van der Waals surface area contributed by atoms with Gasteiger partial charge in [-0.1, -0.05) is 18.5 Å². The number of aliphatic hydroxyl groups excluding tert-OH is 1. The van der Waals surface area contributed by atoms with E-state index in [1.54, 1.807) is 0 Å². The lowest BCUT2D eigenvalue weighted by molar-refractivity contribution is 0.258. The third kappa shape index (κ3) is 2.03. The molecule has 1 fully saturated rings. The molecule has 0 spiro atoms. The first kappa shape index (κ1) is 10.6. The van der Waals surface area contributed by atoms with Gasteiger partial charge in [0, 0.05) is 5.92 Å². The van der Waals surface area contributed by atoms with E-state index in [-0.39, 0.29) is 6.61 Å². The zero-order valence-corrected chi connectivity index (χ0v) is 8.89. The van der Waals surface area contributed by atoms with E-state index in [1.807, 2.05) is 0 Å². The number of rotatable bonds is 3. The molecule has 0 aliphatic heterocycles. The molecule has 0 radical (unpaired) electrons.